The van der Waals surface area contributed by atoms with Crippen molar-refractivity contribution in [2.24, 2.45) is 0 Å². The van der Waals surface area contributed by atoms with E-state index in [1.807, 2.05) is 0 Å². The zero-order valence-electron chi connectivity index (χ0n) is 12.4. The quantitative estimate of drug-likeness (QED) is 0.759. The van der Waals surface area contributed by atoms with Crippen molar-refractivity contribution in [3.05, 3.63) is 35.4 Å². The molecule has 1 N–H and O–H groups in total. The van der Waals surface area contributed by atoms with Crippen LogP contribution in [-0.2, 0) is 0 Å². The van der Waals surface area contributed by atoms with Gasteiger partial charge in [-0.3, -0.25) is 0 Å². The van der Waals surface area contributed by atoms with Crippen LogP contribution in [0.1, 0.15) is 44.4 Å². The third-order valence-corrected chi connectivity index (χ3v) is 3.42. The zero-order valence-corrected chi connectivity index (χ0v) is 12.4. The summed E-state index contributed by atoms with van der Waals surface area (Å²) in [5, 5.41) is 3.67. The molecule has 0 aromatic heterocycles. The fraction of sp³-hybridized carbons (Fsp3) is 0.625. The molecule has 2 nitrogen and oxygen atoms in total. The second-order valence-electron chi connectivity index (χ2n) is 4.91. The molecule has 0 aliphatic carbocycles. The number of nitrogens with zero attached hydrogens (tertiary/aromatic N) is 1. The summed E-state index contributed by atoms with van der Waals surface area (Å²) in [6.45, 7) is 13.3. The minimum absolute atomic E-state index is 0.449. The molecule has 0 saturated heterocycles. The molecule has 0 spiro atoms. The predicted octanol–water partition coefficient (Wildman–Crippen LogP) is 3.38. The Balaban J connectivity index is 2.76. The predicted molar refractivity (Wildman–Crippen MR) is 80.0 cm³/mol. The number of rotatable bonds is 8. The highest BCUT2D eigenvalue weighted by atomic mass is 15.1. The van der Waals surface area contributed by atoms with Gasteiger partial charge in [-0.1, -0.05) is 50.6 Å². The van der Waals surface area contributed by atoms with E-state index in [4.69, 9.17) is 0 Å². The first kappa shape index (κ1) is 15.2. The van der Waals surface area contributed by atoms with E-state index in [0.717, 1.165) is 26.2 Å². The van der Waals surface area contributed by atoms with E-state index in [9.17, 15) is 0 Å². The molecule has 1 aromatic rings. The molecular weight excluding hydrogens is 220 g/mol. The van der Waals surface area contributed by atoms with Gasteiger partial charge < -0.3 is 10.2 Å². The summed E-state index contributed by atoms with van der Waals surface area (Å²) in [4.78, 5) is 2.48. The van der Waals surface area contributed by atoms with Crippen molar-refractivity contribution < 1.29 is 0 Å². The molecule has 0 fully saturated rings. The van der Waals surface area contributed by atoms with E-state index in [1.165, 1.54) is 17.5 Å². The molecule has 0 radical (unpaired) electrons. The highest BCUT2D eigenvalue weighted by Crippen LogP contribution is 2.16. The standard InChI is InChI=1S/C16H28N2/c1-5-11-17-16(13-18(6-2)7-3)15-10-8-9-14(4)12-15/h8-10,12,16-17H,5-7,11,13H2,1-4H3. The van der Waals surface area contributed by atoms with Gasteiger partial charge >= 0.3 is 0 Å². The van der Waals surface area contributed by atoms with Gasteiger partial charge in [0.25, 0.3) is 0 Å². The third-order valence-electron chi connectivity index (χ3n) is 3.42. The Morgan fingerprint density at radius 3 is 2.44 bits per heavy atom. The van der Waals surface area contributed by atoms with E-state index in [1.54, 1.807) is 0 Å². The molecule has 0 aliphatic rings. The van der Waals surface area contributed by atoms with Crippen LogP contribution in [0.5, 0.6) is 0 Å². The van der Waals surface area contributed by atoms with Crippen LogP contribution >= 0.6 is 0 Å². The van der Waals surface area contributed by atoms with E-state index in [0.29, 0.717) is 6.04 Å². The van der Waals surface area contributed by atoms with Crippen LogP contribution in [0.25, 0.3) is 0 Å². The smallest absolute Gasteiger partial charge is 0.0449 e. The van der Waals surface area contributed by atoms with Crippen molar-refractivity contribution >= 4 is 0 Å². The topological polar surface area (TPSA) is 15.3 Å². The van der Waals surface area contributed by atoms with Gasteiger partial charge in [-0.05, 0) is 38.5 Å². The molecular formula is C16H28N2. The normalized spacial score (nSPS) is 12.9. The highest BCUT2D eigenvalue weighted by Gasteiger charge is 2.13. The second-order valence-corrected chi connectivity index (χ2v) is 4.91. The van der Waals surface area contributed by atoms with Gasteiger partial charge in [-0.25, -0.2) is 0 Å². The van der Waals surface area contributed by atoms with Crippen LogP contribution in [0.3, 0.4) is 0 Å². The van der Waals surface area contributed by atoms with E-state index in [-0.39, 0.29) is 0 Å². The number of benzene rings is 1. The Kier molecular flexibility index (Phi) is 6.99. The van der Waals surface area contributed by atoms with E-state index >= 15 is 0 Å². The lowest BCUT2D eigenvalue weighted by Crippen LogP contribution is -2.35. The van der Waals surface area contributed by atoms with Crippen molar-refractivity contribution in [1.82, 2.24) is 10.2 Å². The van der Waals surface area contributed by atoms with Crippen molar-refractivity contribution in [2.75, 3.05) is 26.2 Å². The van der Waals surface area contributed by atoms with Crippen LogP contribution in [0.4, 0.5) is 0 Å². The Morgan fingerprint density at radius 2 is 1.89 bits per heavy atom. The second kappa shape index (κ2) is 8.28. The summed E-state index contributed by atoms with van der Waals surface area (Å²) in [6.07, 6.45) is 1.18. The SMILES string of the molecule is CCCNC(CN(CC)CC)c1cccc(C)c1. The number of aryl methyl sites for hydroxylation is 1. The maximum absolute atomic E-state index is 3.67. The maximum atomic E-state index is 3.67. The van der Waals surface area contributed by atoms with Crippen molar-refractivity contribution in [3.8, 4) is 0 Å². The first-order chi connectivity index (χ1) is 8.71. The van der Waals surface area contributed by atoms with Crippen molar-refractivity contribution in [3.63, 3.8) is 0 Å². The first-order valence-electron chi connectivity index (χ1n) is 7.23. The van der Waals surface area contributed by atoms with Gasteiger partial charge in [-0.15, -0.1) is 0 Å². The summed E-state index contributed by atoms with van der Waals surface area (Å²) < 4.78 is 0. The van der Waals surface area contributed by atoms with Gasteiger partial charge in [0.2, 0.25) is 0 Å². The number of hydrogen-bond donors (Lipinski definition) is 1. The van der Waals surface area contributed by atoms with Crippen LogP contribution in [-0.4, -0.2) is 31.1 Å². The lowest BCUT2D eigenvalue weighted by atomic mass is 10.0. The maximum Gasteiger partial charge on any atom is 0.0449 e. The summed E-state index contributed by atoms with van der Waals surface area (Å²) in [5.74, 6) is 0. The average molecular weight is 248 g/mol. The molecule has 1 aromatic carbocycles. The molecule has 1 unspecified atom stereocenters. The molecule has 1 rings (SSSR count). The molecule has 0 aliphatic heterocycles. The highest BCUT2D eigenvalue weighted by molar-refractivity contribution is 5.25. The lowest BCUT2D eigenvalue weighted by Gasteiger charge is -2.26. The van der Waals surface area contributed by atoms with Gasteiger partial charge in [0.05, 0.1) is 0 Å². The molecule has 102 valence electrons. The molecule has 2 heteroatoms. The van der Waals surface area contributed by atoms with Crippen LogP contribution in [0.15, 0.2) is 24.3 Å². The first-order valence-corrected chi connectivity index (χ1v) is 7.23. The summed E-state index contributed by atoms with van der Waals surface area (Å²) in [6, 6.07) is 9.32. The van der Waals surface area contributed by atoms with Crippen molar-refractivity contribution in [1.29, 1.82) is 0 Å². The molecule has 18 heavy (non-hydrogen) atoms. The molecule has 0 heterocycles. The average Bonchev–Trinajstić information content (AvgIpc) is 2.39. The largest absolute Gasteiger partial charge is 0.309 e. The minimum atomic E-state index is 0.449. The zero-order chi connectivity index (χ0) is 13.4. The Hall–Kier alpha value is -0.860. The number of hydrogen-bond acceptors (Lipinski definition) is 2. The number of likely N-dealkylation sites (N-methyl/N-ethyl adjacent to an activating group) is 1. The van der Waals surface area contributed by atoms with Crippen LogP contribution in [0.2, 0.25) is 0 Å². The summed E-state index contributed by atoms with van der Waals surface area (Å²) in [7, 11) is 0. The van der Waals surface area contributed by atoms with Gasteiger partial charge in [0.15, 0.2) is 0 Å². The summed E-state index contributed by atoms with van der Waals surface area (Å²) in [5.41, 5.74) is 2.76. The lowest BCUT2D eigenvalue weighted by molar-refractivity contribution is 0.266. The fourth-order valence-electron chi connectivity index (χ4n) is 2.23. The molecule has 0 amide bonds. The monoisotopic (exact) mass is 248 g/mol. The van der Waals surface area contributed by atoms with Gasteiger partial charge in [0, 0.05) is 12.6 Å². The van der Waals surface area contributed by atoms with Gasteiger partial charge in [0.1, 0.15) is 0 Å². The van der Waals surface area contributed by atoms with Crippen molar-refractivity contribution in [2.45, 2.75) is 40.2 Å². The molecule has 1 atom stereocenters. The Labute approximate surface area is 112 Å². The van der Waals surface area contributed by atoms with Crippen LogP contribution in [0, 0.1) is 6.92 Å². The third kappa shape index (κ3) is 4.79. The molecule has 0 bridgehead atoms. The van der Waals surface area contributed by atoms with Crippen LogP contribution < -0.4 is 5.32 Å². The summed E-state index contributed by atoms with van der Waals surface area (Å²) >= 11 is 0. The Bertz CT molecular complexity index is 332. The molecule has 0 saturated carbocycles. The van der Waals surface area contributed by atoms with Gasteiger partial charge in [-0.2, -0.15) is 0 Å². The minimum Gasteiger partial charge on any atom is -0.309 e. The Morgan fingerprint density at radius 1 is 1.17 bits per heavy atom. The van der Waals surface area contributed by atoms with E-state index in [2.05, 4.69) is 62.2 Å². The van der Waals surface area contributed by atoms with E-state index < -0.39 is 0 Å². The fourth-order valence-corrected chi connectivity index (χ4v) is 2.23. The number of nitrogens with one attached hydrogen (secondary N) is 1.